The van der Waals surface area contributed by atoms with Crippen molar-refractivity contribution in [3.63, 3.8) is 0 Å². The molecule has 0 spiro atoms. The standard InChI is InChI=1S/C11H25N3O2/c1-6-9(13-5)14(12)7-8-10(15-8)16-11(2,3)4/h8-10,13H,6-7,12H2,1-5H3. The lowest BCUT2D eigenvalue weighted by Gasteiger charge is -2.25. The van der Waals surface area contributed by atoms with Crippen LogP contribution in [-0.2, 0) is 9.47 Å². The maximum absolute atomic E-state index is 5.94. The Labute approximate surface area is 98.2 Å². The van der Waals surface area contributed by atoms with Crippen LogP contribution in [0.2, 0.25) is 0 Å². The van der Waals surface area contributed by atoms with Gasteiger partial charge in [0, 0.05) is 6.54 Å². The van der Waals surface area contributed by atoms with Crippen LogP contribution in [0.3, 0.4) is 0 Å². The van der Waals surface area contributed by atoms with Crippen molar-refractivity contribution in [2.75, 3.05) is 13.6 Å². The number of ether oxygens (including phenoxy) is 2. The predicted molar refractivity (Wildman–Crippen MR) is 63.5 cm³/mol. The first kappa shape index (κ1) is 13.9. The molecule has 0 radical (unpaired) electrons. The van der Waals surface area contributed by atoms with Gasteiger partial charge in [0.1, 0.15) is 6.10 Å². The summed E-state index contributed by atoms with van der Waals surface area (Å²) in [6, 6.07) is 0. The average molecular weight is 231 g/mol. The summed E-state index contributed by atoms with van der Waals surface area (Å²) in [7, 11) is 1.91. The fourth-order valence-corrected chi connectivity index (χ4v) is 1.65. The van der Waals surface area contributed by atoms with Crippen molar-refractivity contribution < 1.29 is 9.47 Å². The van der Waals surface area contributed by atoms with Crippen LogP contribution < -0.4 is 11.2 Å². The predicted octanol–water partition coefficient (Wildman–Crippen LogP) is 0.658. The third-order valence-corrected chi connectivity index (χ3v) is 2.52. The molecule has 0 aromatic carbocycles. The largest absolute Gasteiger partial charge is 0.344 e. The van der Waals surface area contributed by atoms with E-state index in [9.17, 15) is 0 Å². The van der Waals surface area contributed by atoms with E-state index in [1.807, 2.05) is 27.8 Å². The molecule has 1 aliphatic heterocycles. The summed E-state index contributed by atoms with van der Waals surface area (Å²) in [6.45, 7) is 8.86. The van der Waals surface area contributed by atoms with Crippen molar-refractivity contribution in [2.45, 2.75) is 58.3 Å². The molecule has 3 N–H and O–H groups in total. The number of hydrazine groups is 1. The Kier molecular flexibility index (Phi) is 4.70. The third kappa shape index (κ3) is 4.35. The van der Waals surface area contributed by atoms with E-state index in [0.29, 0.717) is 6.54 Å². The van der Waals surface area contributed by atoms with E-state index in [1.165, 1.54) is 0 Å². The van der Waals surface area contributed by atoms with Crippen LogP contribution in [0.5, 0.6) is 0 Å². The molecule has 1 fully saturated rings. The summed E-state index contributed by atoms with van der Waals surface area (Å²) < 4.78 is 11.1. The van der Waals surface area contributed by atoms with Crippen molar-refractivity contribution in [3.05, 3.63) is 0 Å². The second-order valence-corrected chi connectivity index (χ2v) is 5.18. The zero-order chi connectivity index (χ0) is 12.3. The van der Waals surface area contributed by atoms with E-state index in [-0.39, 0.29) is 24.2 Å². The number of epoxide rings is 1. The lowest BCUT2D eigenvalue weighted by atomic mass is 10.2. The Morgan fingerprint density at radius 2 is 2.12 bits per heavy atom. The lowest BCUT2D eigenvalue weighted by Crippen LogP contribution is -2.50. The molecule has 5 heteroatoms. The first-order valence-electron chi connectivity index (χ1n) is 5.89. The fraction of sp³-hybridized carbons (Fsp3) is 1.00. The molecule has 0 aromatic heterocycles. The Morgan fingerprint density at radius 3 is 2.56 bits per heavy atom. The molecule has 3 atom stereocenters. The molecule has 3 unspecified atom stereocenters. The maximum atomic E-state index is 5.94. The second-order valence-electron chi connectivity index (χ2n) is 5.18. The smallest absolute Gasteiger partial charge is 0.186 e. The molecule has 1 saturated heterocycles. The minimum absolute atomic E-state index is 0.0968. The highest BCUT2D eigenvalue weighted by molar-refractivity contribution is 4.83. The lowest BCUT2D eigenvalue weighted by molar-refractivity contribution is -0.0571. The van der Waals surface area contributed by atoms with Crippen LogP contribution in [-0.4, -0.2) is 42.8 Å². The first-order chi connectivity index (χ1) is 7.37. The molecule has 16 heavy (non-hydrogen) atoms. The van der Waals surface area contributed by atoms with Gasteiger partial charge in [0.15, 0.2) is 6.29 Å². The van der Waals surface area contributed by atoms with E-state index < -0.39 is 0 Å². The highest BCUT2D eigenvalue weighted by atomic mass is 16.8. The molecule has 0 aliphatic carbocycles. The average Bonchev–Trinajstić information content (AvgIpc) is 2.82. The molecule has 1 aliphatic rings. The highest BCUT2D eigenvalue weighted by Crippen LogP contribution is 2.28. The summed E-state index contributed by atoms with van der Waals surface area (Å²) in [5.74, 6) is 5.94. The second kappa shape index (κ2) is 5.42. The van der Waals surface area contributed by atoms with Gasteiger partial charge >= 0.3 is 0 Å². The number of nitrogens with one attached hydrogen (secondary N) is 1. The molecular formula is C11H25N3O2. The van der Waals surface area contributed by atoms with Crippen molar-refractivity contribution >= 4 is 0 Å². The van der Waals surface area contributed by atoms with Crippen LogP contribution >= 0.6 is 0 Å². The Bertz CT molecular complexity index is 214. The number of hydrogen-bond acceptors (Lipinski definition) is 5. The van der Waals surface area contributed by atoms with Gasteiger partial charge in [-0.3, -0.25) is 5.84 Å². The molecular weight excluding hydrogens is 206 g/mol. The van der Waals surface area contributed by atoms with Gasteiger partial charge in [-0.2, -0.15) is 0 Å². The van der Waals surface area contributed by atoms with Gasteiger partial charge in [0.05, 0.1) is 11.8 Å². The minimum Gasteiger partial charge on any atom is -0.344 e. The molecule has 96 valence electrons. The van der Waals surface area contributed by atoms with Gasteiger partial charge in [0.2, 0.25) is 0 Å². The van der Waals surface area contributed by atoms with E-state index in [2.05, 4.69) is 12.2 Å². The van der Waals surface area contributed by atoms with Gasteiger partial charge < -0.3 is 14.8 Å². The van der Waals surface area contributed by atoms with E-state index >= 15 is 0 Å². The molecule has 0 saturated carbocycles. The van der Waals surface area contributed by atoms with Crippen LogP contribution in [0, 0.1) is 0 Å². The third-order valence-electron chi connectivity index (χ3n) is 2.52. The molecule has 0 aromatic rings. The van der Waals surface area contributed by atoms with Gasteiger partial charge in [-0.25, -0.2) is 5.01 Å². The summed E-state index contributed by atoms with van der Waals surface area (Å²) in [6.07, 6.45) is 1.16. The van der Waals surface area contributed by atoms with Gasteiger partial charge in [0.25, 0.3) is 0 Å². The zero-order valence-electron chi connectivity index (χ0n) is 11.0. The SMILES string of the molecule is CCC(NC)N(N)CC1OC1OC(C)(C)C. The number of nitrogens with two attached hydrogens (primary N) is 1. The zero-order valence-corrected chi connectivity index (χ0v) is 11.0. The van der Waals surface area contributed by atoms with Crippen molar-refractivity contribution in [3.8, 4) is 0 Å². The van der Waals surface area contributed by atoms with Crippen LogP contribution in [0.15, 0.2) is 0 Å². The van der Waals surface area contributed by atoms with E-state index in [4.69, 9.17) is 15.3 Å². The summed E-state index contributed by atoms with van der Waals surface area (Å²) in [5, 5.41) is 4.93. The minimum atomic E-state index is -0.161. The quantitative estimate of drug-likeness (QED) is 0.304. The van der Waals surface area contributed by atoms with Gasteiger partial charge in [-0.15, -0.1) is 0 Å². The fourth-order valence-electron chi connectivity index (χ4n) is 1.65. The van der Waals surface area contributed by atoms with Gasteiger partial charge in [-0.1, -0.05) is 6.92 Å². The normalized spacial score (nSPS) is 27.2. The Balaban J connectivity index is 2.26. The maximum Gasteiger partial charge on any atom is 0.186 e. The summed E-state index contributed by atoms with van der Waals surface area (Å²) >= 11 is 0. The molecule has 0 amide bonds. The van der Waals surface area contributed by atoms with Crippen LogP contribution in [0.4, 0.5) is 0 Å². The molecule has 5 nitrogen and oxygen atoms in total. The van der Waals surface area contributed by atoms with Crippen LogP contribution in [0.25, 0.3) is 0 Å². The van der Waals surface area contributed by atoms with E-state index in [0.717, 1.165) is 6.42 Å². The first-order valence-corrected chi connectivity index (χ1v) is 5.89. The molecule has 1 heterocycles. The Morgan fingerprint density at radius 1 is 1.50 bits per heavy atom. The van der Waals surface area contributed by atoms with Crippen molar-refractivity contribution in [1.82, 2.24) is 10.3 Å². The van der Waals surface area contributed by atoms with Crippen molar-refractivity contribution in [1.29, 1.82) is 0 Å². The van der Waals surface area contributed by atoms with Gasteiger partial charge in [-0.05, 0) is 34.2 Å². The van der Waals surface area contributed by atoms with Crippen LogP contribution in [0.1, 0.15) is 34.1 Å². The van der Waals surface area contributed by atoms with Crippen molar-refractivity contribution in [2.24, 2.45) is 5.84 Å². The highest BCUT2D eigenvalue weighted by Gasteiger charge is 2.43. The van der Waals surface area contributed by atoms with E-state index in [1.54, 1.807) is 5.01 Å². The number of rotatable bonds is 6. The molecule has 0 bridgehead atoms. The number of hydrogen-bond donors (Lipinski definition) is 2. The number of nitrogens with zero attached hydrogens (tertiary/aromatic N) is 1. The topological polar surface area (TPSA) is 63.0 Å². The summed E-state index contributed by atoms with van der Waals surface area (Å²) in [5.41, 5.74) is -0.161. The monoisotopic (exact) mass is 231 g/mol. The Hall–Kier alpha value is -0.200. The molecule has 1 rings (SSSR count). The summed E-state index contributed by atoms with van der Waals surface area (Å²) in [4.78, 5) is 0.